The van der Waals surface area contributed by atoms with E-state index in [-0.39, 0.29) is 5.69 Å². The predicted molar refractivity (Wildman–Crippen MR) is 43.9 cm³/mol. The summed E-state index contributed by atoms with van der Waals surface area (Å²) in [5, 5.41) is 8.99. The van der Waals surface area contributed by atoms with Gasteiger partial charge in [0.2, 0.25) is 6.08 Å². The van der Waals surface area contributed by atoms with Crippen LogP contribution in [0.1, 0.15) is 5.56 Å². The molecule has 3 nitrogen and oxygen atoms in total. The number of benzene rings is 1. The van der Waals surface area contributed by atoms with Gasteiger partial charge in [-0.25, -0.2) is 4.79 Å². The minimum Gasteiger partial charge on any atom is -0.211 e. The molecule has 0 atom stereocenters. The molecule has 12 heavy (non-hydrogen) atoms. The van der Waals surface area contributed by atoms with Gasteiger partial charge in [-0.15, -0.1) is 0 Å². The first-order valence-corrected chi connectivity index (χ1v) is 3.43. The van der Waals surface area contributed by atoms with Gasteiger partial charge < -0.3 is 0 Å². The van der Waals surface area contributed by atoms with Crippen molar-refractivity contribution in [2.45, 2.75) is 0 Å². The summed E-state index contributed by atoms with van der Waals surface area (Å²) in [6, 6.07) is 6.37. The second-order valence-corrected chi connectivity index (χ2v) is 2.41. The standard InChI is InChI=1S/C8H3ClN2O/c9-7-2-1-6(4-10)8(3-7)11-5-12/h1-3H. The van der Waals surface area contributed by atoms with Crippen LogP contribution in [0.3, 0.4) is 0 Å². The van der Waals surface area contributed by atoms with E-state index in [2.05, 4.69) is 4.99 Å². The number of hydrogen-bond donors (Lipinski definition) is 0. The predicted octanol–water partition coefficient (Wildman–Crippen LogP) is 2.18. The van der Waals surface area contributed by atoms with Gasteiger partial charge in [0.25, 0.3) is 0 Å². The molecule has 58 valence electrons. The SMILES string of the molecule is N#Cc1ccc(Cl)cc1N=C=O. The van der Waals surface area contributed by atoms with Crippen molar-refractivity contribution in [3.63, 3.8) is 0 Å². The maximum absolute atomic E-state index is 9.91. The number of isocyanates is 1. The molecule has 0 bridgehead atoms. The van der Waals surface area contributed by atoms with Crippen molar-refractivity contribution >= 4 is 23.4 Å². The van der Waals surface area contributed by atoms with E-state index in [9.17, 15) is 4.79 Å². The highest BCUT2D eigenvalue weighted by Crippen LogP contribution is 2.22. The molecule has 0 spiro atoms. The second-order valence-electron chi connectivity index (χ2n) is 1.98. The van der Waals surface area contributed by atoms with Crippen LogP contribution in [0.4, 0.5) is 5.69 Å². The fourth-order valence-electron chi connectivity index (χ4n) is 0.741. The largest absolute Gasteiger partial charge is 0.240 e. The number of nitriles is 1. The molecule has 0 amide bonds. The molecule has 1 aromatic rings. The van der Waals surface area contributed by atoms with E-state index in [4.69, 9.17) is 16.9 Å². The van der Waals surface area contributed by atoms with Gasteiger partial charge in [0, 0.05) is 5.02 Å². The first kappa shape index (κ1) is 8.48. The fraction of sp³-hybridized carbons (Fsp3) is 0. The Bertz CT molecular complexity index is 389. The summed E-state index contributed by atoms with van der Waals surface area (Å²) in [6.07, 6.45) is 1.35. The number of halogens is 1. The van der Waals surface area contributed by atoms with Gasteiger partial charge in [0.1, 0.15) is 6.07 Å². The van der Waals surface area contributed by atoms with Gasteiger partial charge in [0.05, 0.1) is 11.3 Å². The van der Waals surface area contributed by atoms with Crippen LogP contribution in [-0.4, -0.2) is 6.08 Å². The molecule has 0 aliphatic rings. The molecule has 0 radical (unpaired) electrons. The zero-order valence-electron chi connectivity index (χ0n) is 5.91. The van der Waals surface area contributed by atoms with Crippen LogP contribution in [0.2, 0.25) is 5.02 Å². The number of aliphatic imine (C=N–C) groups is 1. The van der Waals surface area contributed by atoms with E-state index in [0.717, 1.165) is 0 Å². The fourth-order valence-corrected chi connectivity index (χ4v) is 0.907. The van der Waals surface area contributed by atoms with Crippen LogP contribution in [0.25, 0.3) is 0 Å². The van der Waals surface area contributed by atoms with E-state index < -0.39 is 0 Å². The molecule has 1 aromatic carbocycles. The average molecular weight is 179 g/mol. The Morgan fingerprint density at radius 1 is 1.50 bits per heavy atom. The van der Waals surface area contributed by atoms with Gasteiger partial charge in [0.15, 0.2) is 0 Å². The lowest BCUT2D eigenvalue weighted by molar-refractivity contribution is 0.565. The Balaban J connectivity index is 3.33. The maximum Gasteiger partial charge on any atom is 0.240 e. The summed E-state index contributed by atoms with van der Waals surface area (Å²) in [4.78, 5) is 13.2. The van der Waals surface area contributed by atoms with Crippen LogP contribution in [0.5, 0.6) is 0 Å². The number of carbonyl (C=O) groups excluding carboxylic acids is 1. The molecule has 4 heteroatoms. The molecule has 0 unspecified atom stereocenters. The normalized spacial score (nSPS) is 8.33. The lowest BCUT2D eigenvalue weighted by Crippen LogP contribution is -1.75. The highest BCUT2D eigenvalue weighted by atomic mass is 35.5. The van der Waals surface area contributed by atoms with E-state index in [0.29, 0.717) is 10.6 Å². The highest BCUT2D eigenvalue weighted by Gasteiger charge is 2.00. The zero-order chi connectivity index (χ0) is 8.97. The van der Waals surface area contributed by atoms with Crippen molar-refractivity contribution in [2.24, 2.45) is 4.99 Å². The summed E-state index contributed by atoms with van der Waals surface area (Å²) in [7, 11) is 0. The second kappa shape index (κ2) is 3.68. The Labute approximate surface area is 73.9 Å². The third-order valence-corrected chi connectivity index (χ3v) is 1.48. The number of hydrogen-bond acceptors (Lipinski definition) is 3. The first-order chi connectivity index (χ1) is 5.77. The molecular weight excluding hydrogens is 176 g/mol. The lowest BCUT2D eigenvalue weighted by Gasteiger charge is -1.94. The minimum absolute atomic E-state index is 0.250. The quantitative estimate of drug-likeness (QED) is 0.489. The van der Waals surface area contributed by atoms with Crippen molar-refractivity contribution in [3.8, 4) is 6.07 Å². The van der Waals surface area contributed by atoms with Crippen LogP contribution in [-0.2, 0) is 4.79 Å². The molecule has 0 heterocycles. The molecule has 0 N–H and O–H groups in total. The summed E-state index contributed by atoms with van der Waals surface area (Å²) < 4.78 is 0. The van der Waals surface area contributed by atoms with Gasteiger partial charge in [-0.05, 0) is 18.2 Å². The van der Waals surface area contributed by atoms with E-state index in [1.807, 2.05) is 6.07 Å². The molecule has 0 aromatic heterocycles. The monoisotopic (exact) mass is 178 g/mol. The van der Waals surface area contributed by atoms with Crippen molar-refractivity contribution in [1.82, 2.24) is 0 Å². The van der Waals surface area contributed by atoms with Gasteiger partial charge in [-0.2, -0.15) is 10.3 Å². The number of nitrogens with zero attached hydrogens (tertiary/aromatic N) is 2. The van der Waals surface area contributed by atoms with Crippen LogP contribution in [0.15, 0.2) is 23.2 Å². The molecule has 0 aliphatic heterocycles. The molecule has 1 rings (SSSR count). The van der Waals surface area contributed by atoms with Crippen LogP contribution in [0, 0.1) is 11.3 Å². The Hall–Kier alpha value is -1.62. The molecule has 0 aliphatic carbocycles. The maximum atomic E-state index is 9.91. The van der Waals surface area contributed by atoms with E-state index in [1.165, 1.54) is 18.2 Å². The van der Waals surface area contributed by atoms with Gasteiger partial charge in [-0.3, -0.25) is 0 Å². The smallest absolute Gasteiger partial charge is 0.211 e. The van der Waals surface area contributed by atoms with E-state index >= 15 is 0 Å². The van der Waals surface area contributed by atoms with Crippen LogP contribution >= 0.6 is 11.6 Å². The molecular formula is C8H3ClN2O. The summed E-state index contributed by atoms with van der Waals surface area (Å²) in [5.74, 6) is 0. The van der Waals surface area contributed by atoms with Crippen LogP contribution < -0.4 is 0 Å². The molecule has 0 saturated carbocycles. The average Bonchev–Trinajstić information content (AvgIpc) is 2.05. The summed E-state index contributed by atoms with van der Waals surface area (Å²) in [6.45, 7) is 0. The molecule has 0 fully saturated rings. The molecule has 0 saturated heterocycles. The topological polar surface area (TPSA) is 53.2 Å². The van der Waals surface area contributed by atoms with E-state index in [1.54, 1.807) is 6.07 Å². The minimum atomic E-state index is 0.250. The first-order valence-electron chi connectivity index (χ1n) is 3.05. The van der Waals surface area contributed by atoms with Crippen molar-refractivity contribution in [3.05, 3.63) is 28.8 Å². The summed E-state index contributed by atoms with van der Waals surface area (Å²) in [5.41, 5.74) is 0.558. The number of rotatable bonds is 1. The van der Waals surface area contributed by atoms with Crippen molar-refractivity contribution in [1.29, 1.82) is 5.26 Å². The Kier molecular flexibility index (Phi) is 2.60. The Morgan fingerprint density at radius 3 is 2.83 bits per heavy atom. The van der Waals surface area contributed by atoms with Crippen molar-refractivity contribution in [2.75, 3.05) is 0 Å². The van der Waals surface area contributed by atoms with Gasteiger partial charge in [-0.1, -0.05) is 11.6 Å². The summed E-state index contributed by atoms with van der Waals surface area (Å²) >= 11 is 5.61. The van der Waals surface area contributed by atoms with Crippen molar-refractivity contribution < 1.29 is 4.79 Å². The Morgan fingerprint density at radius 2 is 2.25 bits per heavy atom. The highest BCUT2D eigenvalue weighted by molar-refractivity contribution is 6.30. The lowest BCUT2D eigenvalue weighted by atomic mass is 10.2. The van der Waals surface area contributed by atoms with Gasteiger partial charge >= 0.3 is 0 Å². The zero-order valence-corrected chi connectivity index (χ0v) is 6.67. The third kappa shape index (κ3) is 1.70. The third-order valence-electron chi connectivity index (χ3n) is 1.25.